The maximum Gasteiger partial charge on any atom is 0.251 e. The summed E-state index contributed by atoms with van der Waals surface area (Å²) in [6, 6.07) is 6.97. The molecule has 0 saturated heterocycles. The van der Waals surface area contributed by atoms with E-state index in [0.717, 1.165) is 11.3 Å². The maximum atomic E-state index is 11.6. The number of hydrazine groups is 1. The van der Waals surface area contributed by atoms with Crippen molar-refractivity contribution in [2.45, 2.75) is 12.5 Å². The van der Waals surface area contributed by atoms with Crippen molar-refractivity contribution in [3.8, 4) is 5.75 Å². The molecule has 1 aromatic carbocycles. The summed E-state index contributed by atoms with van der Waals surface area (Å²) < 4.78 is 5.11. The van der Waals surface area contributed by atoms with Crippen LogP contribution in [-0.2, 0) is 11.2 Å². The van der Waals surface area contributed by atoms with Crippen LogP contribution in [0.2, 0.25) is 0 Å². The Labute approximate surface area is 102 Å². The second kappa shape index (κ2) is 6.22. The van der Waals surface area contributed by atoms with Crippen molar-refractivity contribution in [1.82, 2.24) is 10.4 Å². The summed E-state index contributed by atoms with van der Waals surface area (Å²) in [7, 11) is 5.10. The molecule has 5 nitrogen and oxygen atoms in total. The molecule has 17 heavy (non-hydrogen) atoms. The van der Waals surface area contributed by atoms with Gasteiger partial charge in [-0.15, -0.1) is 0 Å². The van der Waals surface area contributed by atoms with Crippen LogP contribution in [0.4, 0.5) is 0 Å². The Kier molecular flexibility index (Phi) is 4.93. The molecule has 1 atom stereocenters. The van der Waals surface area contributed by atoms with E-state index in [1.54, 1.807) is 26.2 Å². The van der Waals surface area contributed by atoms with E-state index < -0.39 is 6.04 Å². The summed E-state index contributed by atoms with van der Waals surface area (Å²) >= 11 is 0. The van der Waals surface area contributed by atoms with Crippen molar-refractivity contribution in [1.29, 1.82) is 0 Å². The largest absolute Gasteiger partial charge is 0.497 e. The van der Waals surface area contributed by atoms with E-state index in [1.165, 1.54) is 0 Å². The molecule has 0 aliphatic heterocycles. The van der Waals surface area contributed by atoms with E-state index >= 15 is 0 Å². The quantitative estimate of drug-likeness (QED) is 0.716. The van der Waals surface area contributed by atoms with Gasteiger partial charge >= 0.3 is 0 Å². The first-order valence-electron chi connectivity index (χ1n) is 5.39. The molecule has 0 bridgehead atoms. The van der Waals surface area contributed by atoms with Crippen LogP contribution in [-0.4, -0.2) is 38.2 Å². The molecular formula is C12H19N3O2. The third-order valence-corrected chi connectivity index (χ3v) is 2.26. The number of methoxy groups -OCH3 is 1. The number of hydrogen-bond acceptors (Lipinski definition) is 4. The van der Waals surface area contributed by atoms with Crippen molar-refractivity contribution in [2.75, 3.05) is 21.2 Å². The van der Waals surface area contributed by atoms with Gasteiger partial charge in [0.2, 0.25) is 0 Å². The van der Waals surface area contributed by atoms with Crippen LogP contribution in [0.25, 0.3) is 0 Å². The van der Waals surface area contributed by atoms with Gasteiger partial charge in [0.25, 0.3) is 5.91 Å². The van der Waals surface area contributed by atoms with Gasteiger partial charge in [0.1, 0.15) is 5.75 Å². The molecule has 0 radical (unpaired) electrons. The fourth-order valence-corrected chi connectivity index (χ4v) is 1.45. The molecule has 1 aromatic rings. The number of carbonyl (C=O) groups is 1. The molecule has 0 saturated carbocycles. The van der Waals surface area contributed by atoms with Crippen LogP contribution < -0.4 is 15.9 Å². The number of nitrogens with one attached hydrogen (secondary N) is 1. The molecule has 0 aromatic heterocycles. The average Bonchev–Trinajstić information content (AvgIpc) is 2.28. The van der Waals surface area contributed by atoms with E-state index in [-0.39, 0.29) is 5.91 Å². The maximum absolute atomic E-state index is 11.6. The first-order chi connectivity index (χ1) is 8.02. The van der Waals surface area contributed by atoms with Crippen LogP contribution in [0.5, 0.6) is 5.75 Å². The highest BCUT2D eigenvalue weighted by atomic mass is 16.5. The van der Waals surface area contributed by atoms with Gasteiger partial charge in [0, 0.05) is 14.1 Å². The Morgan fingerprint density at radius 3 is 2.82 bits per heavy atom. The molecule has 1 rings (SSSR count). The summed E-state index contributed by atoms with van der Waals surface area (Å²) in [4.78, 5) is 11.6. The van der Waals surface area contributed by atoms with Gasteiger partial charge in [-0.3, -0.25) is 10.2 Å². The lowest BCUT2D eigenvalue weighted by Crippen LogP contribution is -2.47. The zero-order valence-electron chi connectivity index (χ0n) is 10.4. The Hall–Kier alpha value is -1.59. The van der Waals surface area contributed by atoms with E-state index in [0.29, 0.717) is 6.42 Å². The Balaban J connectivity index is 2.60. The van der Waals surface area contributed by atoms with Crippen molar-refractivity contribution in [3.05, 3.63) is 29.8 Å². The first-order valence-corrected chi connectivity index (χ1v) is 5.39. The Bertz CT molecular complexity index is 380. The smallest absolute Gasteiger partial charge is 0.251 e. The van der Waals surface area contributed by atoms with Gasteiger partial charge in [-0.05, 0) is 24.1 Å². The number of hydrogen-bond donors (Lipinski definition) is 2. The molecule has 0 spiro atoms. The molecule has 0 aliphatic rings. The average molecular weight is 237 g/mol. The number of nitrogens with zero attached hydrogens (tertiary/aromatic N) is 1. The molecule has 0 aliphatic carbocycles. The molecule has 0 fully saturated rings. The topological polar surface area (TPSA) is 67.6 Å². The third kappa shape index (κ3) is 4.42. The summed E-state index contributed by atoms with van der Waals surface area (Å²) in [5.41, 5.74) is 9.42. The van der Waals surface area contributed by atoms with E-state index in [4.69, 9.17) is 10.5 Å². The summed E-state index contributed by atoms with van der Waals surface area (Å²) in [6.07, 6.45) is 0.483. The number of benzene rings is 1. The van der Waals surface area contributed by atoms with Gasteiger partial charge in [-0.1, -0.05) is 12.1 Å². The minimum Gasteiger partial charge on any atom is -0.497 e. The molecule has 1 unspecified atom stereocenters. The van der Waals surface area contributed by atoms with Crippen LogP contribution in [0.1, 0.15) is 5.56 Å². The third-order valence-electron chi connectivity index (χ3n) is 2.26. The van der Waals surface area contributed by atoms with Gasteiger partial charge in [0.05, 0.1) is 13.2 Å². The minimum absolute atomic E-state index is 0.196. The number of ether oxygens (including phenoxy) is 1. The van der Waals surface area contributed by atoms with Crippen molar-refractivity contribution < 1.29 is 9.53 Å². The molecule has 1 amide bonds. The monoisotopic (exact) mass is 237 g/mol. The van der Waals surface area contributed by atoms with Crippen LogP contribution in [0, 0.1) is 0 Å². The van der Waals surface area contributed by atoms with Crippen LogP contribution in [0.3, 0.4) is 0 Å². The van der Waals surface area contributed by atoms with E-state index in [1.807, 2.05) is 24.3 Å². The molecule has 5 heteroatoms. The summed E-state index contributed by atoms with van der Waals surface area (Å²) in [6.45, 7) is 0. The SMILES string of the molecule is COc1cccc(CC(N)C(=O)NN(C)C)c1. The predicted octanol–water partition coefficient (Wildman–Crippen LogP) is 0.158. The molecule has 3 N–H and O–H groups in total. The first kappa shape index (κ1) is 13.5. The number of rotatable bonds is 5. The standard InChI is InChI=1S/C12H19N3O2/c1-15(2)14-12(16)11(13)8-9-5-4-6-10(7-9)17-3/h4-7,11H,8,13H2,1-3H3,(H,14,16). The van der Waals surface area contributed by atoms with Crippen LogP contribution >= 0.6 is 0 Å². The predicted molar refractivity (Wildman–Crippen MR) is 66.5 cm³/mol. The molecular weight excluding hydrogens is 218 g/mol. The molecule has 0 heterocycles. The Morgan fingerprint density at radius 1 is 1.53 bits per heavy atom. The lowest BCUT2D eigenvalue weighted by Gasteiger charge is -2.16. The van der Waals surface area contributed by atoms with Gasteiger partial charge in [-0.25, -0.2) is 5.01 Å². The second-order valence-corrected chi connectivity index (χ2v) is 4.03. The minimum atomic E-state index is -0.565. The number of amides is 1. The number of carbonyl (C=O) groups excluding carboxylic acids is 1. The van der Waals surface area contributed by atoms with Crippen molar-refractivity contribution in [3.63, 3.8) is 0 Å². The highest BCUT2D eigenvalue weighted by Crippen LogP contribution is 2.13. The zero-order chi connectivity index (χ0) is 12.8. The fraction of sp³-hybridized carbons (Fsp3) is 0.417. The highest BCUT2D eigenvalue weighted by molar-refractivity contribution is 5.81. The van der Waals surface area contributed by atoms with Gasteiger partial charge in [0.15, 0.2) is 0 Å². The highest BCUT2D eigenvalue weighted by Gasteiger charge is 2.14. The van der Waals surface area contributed by atoms with Crippen molar-refractivity contribution >= 4 is 5.91 Å². The lowest BCUT2D eigenvalue weighted by atomic mass is 10.1. The van der Waals surface area contributed by atoms with Crippen LogP contribution in [0.15, 0.2) is 24.3 Å². The second-order valence-electron chi connectivity index (χ2n) is 4.03. The molecule has 94 valence electrons. The summed E-state index contributed by atoms with van der Waals surface area (Å²) in [5, 5.41) is 1.58. The lowest BCUT2D eigenvalue weighted by molar-refractivity contribution is -0.126. The van der Waals surface area contributed by atoms with Gasteiger partial charge < -0.3 is 10.5 Å². The van der Waals surface area contributed by atoms with Gasteiger partial charge in [-0.2, -0.15) is 0 Å². The van der Waals surface area contributed by atoms with Crippen molar-refractivity contribution in [2.24, 2.45) is 5.73 Å². The fourth-order valence-electron chi connectivity index (χ4n) is 1.45. The Morgan fingerprint density at radius 2 is 2.24 bits per heavy atom. The zero-order valence-corrected chi connectivity index (χ0v) is 10.4. The normalized spacial score (nSPS) is 12.3. The van der Waals surface area contributed by atoms with E-state index in [2.05, 4.69) is 5.43 Å². The van der Waals surface area contributed by atoms with E-state index in [9.17, 15) is 4.79 Å². The number of nitrogens with two attached hydrogens (primary N) is 1. The summed E-state index contributed by atoms with van der Waals surface area (Å²) in [5.74, 6) is 0.570.